The number of nitrogens with zero attached hydrogens (tertiary/aromatic N) is 4. The Morgan fingerprint density at radius 3 is 2.93 bits per heavy atom. The van der Waals surface area contributed by atoms with E-state index >= 15 is 0 Å². The summed E-state index contributed by atoms with van der Waals surface area (Å²) in [5.74, 6) is 0.583. The molecule has 0 saturated heterocycles. The zero-order valence-electron chi connectivity index (χ0n) is 16.4. The third kappa shape index (κ3) is 4.30. The van der Waals surface area contributed by atoms with Crippen molar-refractivity contribution in [3.63, 3.8) is 0 Å². The van der Waals surface area contributed by atoms with Crippen LogP contribution in [0.5, 0.6) is 5.75 Å². The summed E-state index contributed by atoms with van der Waals surface area (Å²) in [6.45, 7) is 3.40. The van der Waals surface area contributed by atoms with Gasteiger partial charge in [0.2, 0.25) is 0 Å². The van der Waals surface area contributed by atoms with Crippen LogP contribution in [0.3, 0.4) is 0 Å². The summed E-state index contributed by atoms with van der Waals surface area (Å²) >= 11 is 1.54. The predicted molar refractivity (Wildman–Crippen MR) is 116 cm³/mol. The number of carbonyl (C=O) groups excluding carboxylic acids is 1. The van der Waals surface area contributed by atoms with Crippen LogP contribution in [0.25, 0.3) is 10.2 Å². The van der Waals surface area contributed by atoms with Crippen molar-refractivity contribution in [2.24, 2.45) is 0 Å². The number of hydrogen-bond acceptors (Lipinski definition) is 5. The van der Waals surface area contributed by atoms with E-state index in [0.717, 1.165) is 23.2 Å². The zero-order valence-corrected chi connectivity index (χ0v) is 17.2. The van der Waals surface area contributed by atoms with E-state index in [-0.39, 0.29) is 5.91 Å². The van der Waals surface area contributed by atoms with Gasteiger partial charge in [-0.1, -0.05) is 23.5 Å². The number of ether oxygens (including phenoxy) is 1. The first kappa shape index (κ1) is 19.1. The Labute approximate surface area is 173 Å². The molecule has 0 fully saturated rings. The van der Waals surface area contributed by atoms with Gasteiger partial charge in [0.15, 0.2) is 5.13 Å². The first-order valence-electron chi connectivity index (χ1n) is 9.43. The van der Waals surface area contributed by atoms with Gasteiger partial charge in [-0.05, 0) is 49.2 Å². The summed E-state index contributed by atoms with van der Waals surface area (Å²) in [5.41, 5.74) is 2.68. The average molecular weight is 407 g/mol. The molecule has 6 nitrogen and oxygen atoms in total. The Morgan fingerprint density at radius 1 is 1.24 bits per heavy atom. The van der Waals surface area contributed by atoms with Crippen LogP contribution in [-0.2, 0) is 6.54 Å². The first-order chi connectivity index (χ1) is 14.1. The van der Waals surface area contributed by atoms with E-state index in [1.54, 1.807) is 41.9 Å². The fraction of sp³-hybridized carbons (Fsp3) is 0.227. The molecule has 7 heteroatoms. The van der Waals surface area contributed by atoms with Crippen LogP contribution in [0.2, 0.25) is 0 Å². The van der Waals surface area contributed by atoms with Gasteiger partial charge in [-0.2, -0.15) is 0 Å². The van der Waals surface area contributed by atoms with Crippen molar-refractivity contribution in [2.45, 2.75) is 19.9 Å². The number of aryl methyl sites for hydroxylation is 2. The molecular weight excluding hydrogens is 384 g/mol. The summed E-state index contributed by atoms with van der Waals surface area (Å²) in [5, 5.41) is 0.712. The number of imidazole rings is 1. The van der Waals surface area contributed by atoms with Crippen molar-refractivity contribution in [1.82, 2.24) is 14.5 Å². The monoisotopic (exact) mass is 406 g/mol. The van der Waals surface area contributed by atoms with E-state index in [1.165, 1.54) is 5.56 Å². The number of fused-ring (bicyclic) bond motifs is 1. The number of benzene rings is 2. The Hall–Kier alpha value is -3.19. The van der Waals surface area contributed by atoms with E-state index in [4.69, 9.17) is 9.72 Å². The summed E-state index contributed by atoms with van der Waals surface area (Å²) < 4.78 is 8.38. The second kappa shape index (κ2) is 8.45. The molecule has 0 unspecified atom stereocenters. The second-order valence-electron chi connectivity index (χ2n) is 6.81. The summed E-state index contributed by atoms with van der Waals surface area (Å²) in [6, 6.07) is 13.4. The number of thiazole rings is 1. The summed E-state index contributed by atoms with van der Waals surface area (Å²) in [7, 11) is 1.60. The van der Waals surface area contributed by atoms with Crippen LogP contribution in [0, 0.1) is 6.92 Å². The number of aromatic nitrogens is 3. The molecule has 1 amide bonds. The molecule has 0 atom stereocenters. The highest BCUT2D eigenvalue weighted by Gasteiger charge is 2.21. The molecular formula is C22H22N4O2S. The first-order valence-corrected chi connectivity index (χ1v) is 10.2. The molecule has 4 aromatic rings. The van der Waals surface area contributed by atoms with Gasteiger partial charge in [0.05, 0.1) is 23.7 Å². The van der Waals surface area contributed by atoms with E-state index in [9.17, 15) is 4.79 Å². The van der Waals surface area contributed by atoms with E-state index < -0.39 is 0 Å². The molecule has 0 aliphatic rings. The highest BCUT2D eigenvalue weighted by molar-refractivity contribution is 7.22. The molecule has 148 valence electrons. The molecule has 2 aromatic carbocycles. The second-order valence-corrected chi connectivity index (χ2v) is 7.82. The maximum atomic E-state index is 13.4. The fourth-order valence-corrected chi connectivity index (χ4v) is 4.25. The van der Waals surface area contributed by atoms with E-state index in [1.807, 2.05) is 41.1 Å². The van der Waals surface area contributed by atoms with Crippen molar-refractivity contribution >= 4 is 32.6 Å². The Bertz CT molecular complexity index is 1120. The maximum absolute atomic E-state index is 13.4. The molecule has 4 rings (SSSR count). The largest absolute Gasteiger partial charge is 0.497 e. The third-order valence-electron chi connectivity index (χ3n) is 4.68. The molecule has 0 saturated carbocycles. The quantitative estimate of drug-likeness (QED) is 0.452. The number of methoxy groups -OCH3 is 1. The summed E-state index contributed by atoms with van der Waals surface area (Å²) in [6.07, 6.45) is 6.26. The van der Waals surface area contributed by atoms with Gasteiger partial charge >= 0.3 is 0 Å². The van der Waals surface area contributed by atoms with Gasteiger partial charge in [0, 0.05) is 31.0 Å². The van der Waals surface area contributed by atoms with Crippen LogP contribution in [0.4, 0.5) is 5.13 Å². The van der Waals surface area contributed by atoms with Crippen molar-refractivity contribution in [1.29, 1.82) is 0 Å². The molecule has 2 aromatic heterocycles. The Kier molecular flexibility index (Phi) is 5.57. The van der Waals surface area contributed by atoms with Crippen molar-refractivity contribution < 1.29 is 9.53 Å². The van der Waals surface area contributed by atoms with Crippen LogP contribution in [-0.4, -0.2) is 34.1 Å². The standard InChI is InChI=1S/C22H22N4O2S/c1-16-7-8-19-20(13-16)29-22(24-19)26(11-4-10-25-12-9-23-15-25)21(27)17-5-3-6-18(14-17)28-2/h3,5-9,12-15H,4,10-11H2,1-2H3. The van der Waals surface area contributed by atoms with Crippen LogP contribution < -0.4 is 9.64 Å². The van der Waals surface area contributed by atoms with Crippen molar-refractivity contribution in [3.05, 3.63) is 72.3 Å². The number of hydrogen-bond donors (Lipinski definition) is 0. The Balaban J connectivity index is 1.64. The van der Waals surface area contributed by atoms with Gasteiger partial charge in [0.25, 0.3) is 5.91 Å². The van der Waals surface area contributed by atoms with E-state index in [0.29, 0.717) is 23.0 Å². The van der Waals surface area contributed by atoms with Crippen molar-refractivity contribution in [2.75, 3.05) is 18.6 Å². The maximum Gasteiger partial charge on any atom is 0.260 e. The smallest absolute Gasteiger partial charge is 0.260 e. The van der Waals surface area contributed by atoms with Gasteiger partial charge in [-0.15, -0.1) is 0 Å². The minimum Gasteiger partial charge on any atom is -0.497 e. The van der Waals surface area contributed by atoms with Crippen LogP contribution in [0.15, 0.2) is 61.2 Å². The normalized spacial score (nSPS) is 11.0. The van der Waals surface area contributed by atoms with E-state index in [2.05, 4.69) is 18.0 Å². The topological polar surface area (TPSA) is 60.2 Å². The summed E-state index contributed by atoms with van der Waals surface area (Å²) in [4.78, 5) is 23.9. The lowest BCUT2D eigenvalue weighted by Gasteiger charge is -2.20. The van der Waals surface area contributed by atoms with Gasteiger partial charge in [-0.25, -0.2) is 9.97 Å². The molecule has 0 bridgehead atoms. The van der Waals surface area contributed by atoms with Gasteiger partial charge in [-0.3, -0.25) is 9.69 Å². The molecule has 29 heavy (non-hydrogen) atoms. The highest BCUT2D eigenvalue weighted by atomic mass is 32.1. The molecule has 0 spiro atoms. The lowest BCUT2D eigenvalue weighted by Crippen LogP contribution is -2.32. The molecule has 0 N–H and O–H groups in total. The minimum atomic E-state index is -0.0784. The molecule has 0 aliphatic heterocycles. The predicted octanol–water partition coefficient (Wildman–Crippen LogP) is 4.55. The van der Waals surface area contributed by atoms with Crippen LogP contribution >= 0.6 is 11.3 Å². The SMILES string of the molecule is COc1cccc(C(=O)N(CCCn2ccnc2)c2nc3ccc(C)cc3s2)c1. The average Bonchev–Trinajstić information content (AvgIpc) is 3.40. The Morgan fingerprint density at radius 2 is 2.14 bits per heavy atom. The third-order valence-corrected chi connectivity index (χ3v) is 5.72. The molecule has 0 aliphatic carbocycles. The lowest BCUT2D eigenvalue weighted by atomic mass is 10.2. The number of carbonyl (C=O) groups is 1. The fourth-order valence-electron chi connectivity index (χ4n) is 3.16. The highest BCUT2D eigenvalue weighted by Crippen LogP contribution is 2.31. The molecule has 0 radical (unpaired) electrons. The van der Waals surface area contributed by atoms with Crippen LogP contribution in [0.1, 0.15) is 22.3 Å². The van der Waals surface area contributed by atoms with Gasteiger partial charge < -0.3 is 9.30 Å². The zero-order chi connectivity index (χ0) is 20.2. The van der Waals surface area contributed by atoms with Crippen molar-refractivity contribution in [3.8, 4) is 5.75 Å². The lowest BCUT2D eigenvalue weighted by molar-refractivity contribution is 0.0986. The number of anilines is 1. The minimum absolute atomic E-state index is 0.0784. The number of rotatable bonds is 7. The number of amides is 1. The van der Waals surface area contributed by atoms with Gasteiger partial charge in [0.1, 0.15) is 5.75 Å². The molecule has 2 heterocycles.